The van der Waals surface area contributed by atoms with Gasteiger partial charge in [0.2, 0.25) is 5.91 Å². The lowest BCUT2D eigenvalue weighted by Crippen LogP contribution is -2.53. The molecule has 33 heavy (non-hydrogen) atoms. The Balaban J connectivity index is 1.61. The van der Waals surface area contributed by atoms with Crippen molar-refractivity contribution < 1.29 is 27.2 Å². The summed E-state index contributed by atoms with van der Waals surface area (Å²) in [6.07, 6.45) is -4.22. The van der Waals surface area contributed by atoms with E-state index in [1.54, 1.807) is 10.6 Å². The Labute approximate surface area is 189 Å². The summed E-state index contributed by atoms with van der Waals surface area (Å²) in [5.41, 5.74) is 0.239. The second kappa shape index (κ2) is 9.22. The summed E-state index contributed by atoms with van der Waals surface area (Å²) in [6.45, 7) is 0. The average molecular weight is 479 g/mol. The number of imide groups is 1. The van der Waals surface area contributed by atoms with Crippen molar-refractivity contribution in [3.05, 3.63) is 71.3 Å². The van der Waals surface area contributed by atoms with Crippen molar-refractivity contribution in [2.45, 2.75) is 36.0 Å². The van der Waals surface area contributed by atoms with Crippen molar-refractivity contribution >= 4 is 23.7 Å². The number of hydrogen-bond donors (Lipinski definition) is 2. The van der Waals surface area contributed by atoms with Crippen LogP contribution in [0.2, 0.25) is 0 Å². The van der Waals surface area contributed by atoms with Crippen LogP contribution in [0.4, 0.5) is 22.4 Å². The molecule has 2 heterocycles. The highest BCUT2D eigenvalue weighted by Crippen LogP contribution is 2.32. The van der Waals surface area contributed by atoms with Crippen molar-refractivity contribution in [2.24, 2.45) is 0 Å². The minimum atomic E-state index is -4.45. The molecular formula is C21H17F4N5O2S. The molecule has 1 aliphatic heterocycles. The predicted molar refractivity (Wildman–Crippen MR) is 111 cm³/mol. The Morgan fingerprint density at radius 3 is 2.55 bits per heavy atom. The smallest absolute Gasteiger partial charge is 0.334 e. The third-order valence-electron chi connectivity index (χ3n) is 4.86. The van der Waals surface area contributed by atoms with E-state index in [0.29, 0.717) is 22.2 Å². The van der Waals surface area contributed by atoms with Gasteiger partial charge in [-0.3, -0.25) is 14.7 Å². The molecule has 1 saturated heterocycles. The van der Waals surface area contributed by atoms with Crippen molar-refractivity contribution in [2.75, 3.05) is 0 Å². The standard InChI is InChI=1S/C21H17F4N5O2S/c22-14-4-6-16(7-5-14)30-17(9-15-10-18(31)27-19(32)26-15)28-29-20(30)33-11-12-2-1-3-13(8-12)21(23,24)25/h1-8,15H,9-11H2,(H2,26,27,31,32). The van der Waals surface area contributed by atoms with E-state index in [1.165, 1.54) is 30.3 Å². The van der Waals surface area contributed by atoms with Gasteiger partial charge in [0, 0.05) is 30.3 Å². The van der Waals surface area contributed by atoms with E-state index < -0.39 is 35.5 Å². The van der Waals surface area contributed by atoms with Crippen LogP contribution in [0, 0.1) is 5.82 Å². The largest absolute Gasteiger partial charge is 0.416 e. The van der Waals surface area contributed by atoms with E-state index in [4.69, 9.17) is 0 Å². The van der Waals surface area contributed by atoms with Gasteiger partial charge in [-0.25, -0.2) is 9.18 Å². The summed E-state index contributed by atoms with van der Waals surface area (Å²) in [5.74, 6) is -0.266. The maximum Gasteiger partial charge on any atom is 0.416 e. The Morgan fingerprint density at radius 1 is 1.09 bits per heavy atom. The lowest BCUT2D eigenvalue weighted by molar-refractivity contribution is -0.137. The summed E-state index contributed by atoms with van der Waals surface area (Å²) < 4.78 is 54.1. The van der Waals surface area contributed by atoms with Crippen LogP contribution in [0.15, 0.2) is 53.7 Å². The highest BCUT2D eigenvalue weighted by Gasteiger charge is 2.30. The van der Waals surface area contributed by atoms with Crippen molar-refractivity contribution in [1.82, 2.24) is 25.4 Å². The number of alkyl halides is 3. The van der Waals surface area contributed by atoms with Crippen molar-refractivity contribution in [3.63, 3.8) is 0 Å². The number of nitrogens with zero attached hydrogens (tertiary/aromatic N) is 3. The minimum Gasteiger partial charge on any atom is -0.334 e. The Kier molecular flexibility index (Phi) is 6.36. The zero-order chi connectivity index (χ0) is 23.6. The van der Waals surface area contributed by atoms with Crippen LogP contribution >= 0.6 is 11.8 Å². The average Bonchev–Trinajstić information content (AvgIpc) is 3.14. The summed E-state index contributed by atoms with van der Waals surface area (Å²) in [6, 6.07) is 9.42. The molecule has 7 nitrogen and oxygen atoms in total. The van der Waals surface area contributed by atoms with Gasteiger partial charge in [-0.15, -0.1) is 10.2 Å². The molecule has 1 atom stereocenters. The van der Waals surface area contributed by atoms with E-state index in [9.17, 15) is 27.2 Å². The molecule has 0 spiro atoms. The molecule has 0 aliphatic carbocycles. The monoisotopic (exact) mass is 479 g/mol. The highest BCUT2D eigenvalue weighted by atomic mass is 32.2. The molecule has 0 radical (unpaired) electrons. The first-order chi connectivity index (χ1) is 15.7. The molecule has 2 aromatic carbocycles. The number of carbonyl (C=O) groups excluding carboxylic acids is 2. The zero-order valence-corrected chi connectivity index (χ0v) is 17.7. The zero-order valence-electron chi connectivity index (χ0n) is 16.9. The first-order valence-corrected chi connectivity index (χ1v) is 10.8. The summed E-state index contributed by atoms with van der Waals surface area (Å²) >= 11 is 1.16. The second-order valence-corrected chi connectivity index (χ2v) is 8.27. The lowest BCUT2D eigenvalue weighted by atomic mass is 10.1. The molecule has 12 heteroatoms. The van der Waals surface area contributed by atoms with Crippen LogP contribution < -0.4 is 10.6 Å². The number of carbonyl (C=O) groups is 2. The van der Waals surface area contributed by atoms with Crippen molar-refractivity contribution in [1.29, 1.82) is 0 Å². The van der Waals surface area contributed by atoms with E-state index in [-0.39, 0.29) is 18.6 Å². The maximum atomic E-state index is 13.5. The Bertz CT molecular complexity index is 1160. The summed E-state index contributed by atoms with van der Waals surface area (Å²) in [7, 11) is 0. The predicted octanol–water partition coefficient (Wildman–Crippen LogP) is 3.86. The lowest BCUT2D eigenvalue weighted by Gasteiger charge is -2.23. The topological polar surface area (TPSA) is 88.9 Å². The maximum absolute atomic E-state index is 13.5. The van der Waals surface area contributed by atoms with Gasteiger partial charge in [-0.2, -0.15) is 13.2 Å². The molecule has 0 saturated carbocycles. The highest BCUT2D eigenvalue weighted by molar-refractivity contribution is 7.98. The molecule has 1 unspecified atom stereocenters. The number of benzene rings is 2. The van der Waals surface area contributed by atoms with Gasteiger partial charge in [0.25, 0.3) is 0 Å². The molecule has 3 aromatic rings. The van der Waals surface area contributed by atoms with Crippen LogP contribution in [-0.2, 0) is 23.1 Å². The van der Waals surface area contributed by atoms with Gasteiger partial charge >= 0.3 is 12.2 Å². The summed E-state index contributed by atoms with van der Waals surface area (Å²) in [4.78, 5) is 23.3. The molecule has 0 bridgehead atoms. The fourth-order valence-corrected chi connectivity index (χ4v) is 4.29. The third-order valence-corrected chi connectivity index (χ3v) is 5.86. The first kappa shape index (κ1) is 22.8. The number of urea groups is 1. The molecule has 3 amide bonds. The fraction of sp³-hybridized carbons (Fsp3) is 0.238. The normalized spacial score (nSPS) is 16.4. The number of hydrogen-bond acceptors (Lipinski definition) is 5. The van der Waals surface area contributed by atoms with E-state index >= 15 is 0 Å². The number of halogens is 4. The first-order valence-electron chi connectivity index (χ1n) is 9.78. The van der Waals surface area contributed by atoms with Gasteiger partial charge in [0.1, 0.15) is 11.6 Å². The number of thioether (sulfide) groups is 1. The molecule has 4 rings (SSSR count). The number of amides is 3. The van der Waals surface area contributed by atoms with Crippen LogP contribution in [0.1, 0.15) is 23.4 Å². The van der Waals surface area contributed by atoms with Gasteiger partial charge in [0.05, 0.1) is 5.56 Å². The van der Waals surface area contributed by atoms with Gasteiger partial charge in [-0.05, 0) is 35.9 Å². The van der Waals surface area contributed by atoms with Crippen LogP contribution in [0.5, 0.6) is 0 Å². The molecule has 2 N–H and O–H groups in total. The third kappa shape index (κ3) is 5.51. The van der Waals surface area contributed by atoms with Gasteiger partial charge in [-0.1, -0.05) is 30.0 Å². The molecule has 1 aromatic heterocycles. The van der Waals surface area contributed by atoms with Crippen molar-refractivity contribution in [3.8, 4) is 5.69 Å². The SMILES string of the molecule is O=C1CC(Cc2nnc(SCc3cccc(C(F)(F)F)c3)n2-c2ccc(F)cc2)NC(=O)N1. The quantitative estimate of drug-likeness (QED) is 0.414. The van der Waals surface area contributed by atoms with Gasteiger partial charge < -0.3 is 5.32 Å². The molecular weight excluding hydrogens is 462 g/mol. The van der Waals surface area contributed by atoms with Crippen LogP contribution in [-0.4, -0.2) is 32.7 Å². The minimum absolute atomic E-state index is 0.0503. The molecule has 1 fully saturated rings. The molecule has 1 aliphatic rings. The van der Waals surface area contributed by atoms with E-state index in [2.05, 4.69) is 20.8 Å². The van der Waals surface area contributed by atoms with Gasteiger partial charge in [0.15, 0.2) is 5.16 Å². The number of nitrogens with one attached hydrogen (secondary N) is 2. The Morgan fingerprint density at radius 2 is 1.85 bits per heavy atom. The molecule has 172 valence electrons. The van der Waals surface area contributed by atoms with E-state index in [0.717, 1.165) is 23.9 Å². The van der Waals surface area contributed by atoms with E-state index in [1.807, 2.05) is 0 Å². The number of aromatic nitrogens is 3. The Hall–Kier alpha value is -3.41. The second-order valence-electron chi connectivity index (χ2n) is 7.32. The van der Waals surface area contributed by atoms with Crippen LogP contribution in [0.3, 0.4) is 0 Å². The summed E-state index contributed by atoms with van der Waals surface area (Å²) in [5, 5.41) is 13.5. The van der Waals surface area contributed by atoms with Crippen LogP contribution in [0.25, 0.3) is 5.69 Å². The number of rotatable bonds is 6. The fourth-order valence-electron chi connectivity index (χ4n) is 3.38.